The van der Waals surface area contributed by atoms with Crippen molar-refractivity contribution in [3.05, 3.63) is 23.5 Å². The Hall–Kier alpha value is -1.17. The van der Waals surface area contributed by atoms with Gasteiger partial charge in [-0.15, -0.1) is 0 Å². The zero-order valence-electron chi connectivity index (χ0n) is 10.7. The third kappa shape index (κ3) is 4.16. The number of aliphatic hydroxyl groups is 1. The second-order valence-corrected chi connectivity index (χ2v) is 5.17. The van der Waals surface area contributed by atoms with Crippen LogP contribution in [0, 0.1) is 5.92 Å². The summed E-state index contributed by atoms with van der Waals surface area (Å²) in [6.07, 6.45) is 3.63. The van der Waals surface area contributed by atoms with Crippen molar-refractivity contribution < 1.29 is 9.90 Å². The number of carbonyl (C=O) groups is 1. The molecule has 1 unspecified atom stereocenters. The van der Waals surface area contributed by atoms with Gasteiger partial charge in [0.05, 0.1) is 12.2 Å². The number of hydrogen-bond donors (Lipinski definition) is 2. The molecule has 1 saturated heterocycles. The molecule has 2 N–H and O–H groups in total. The number of hydrogen-bond acceptors (Lipinski definition) is 4. The van der Waals surface area contributed by atoms with E-state index < -0.39 is 0 Å². The Labute approximate surface area is 117 Å². The molecular weight excluding hydrogens is 266 g/mol. The molecule has 0 bridgehead atoms. The van der Waals surface area contributed by atoms with Crippen LogP contribution in [0.25, 0.3) is 0 Å². The van der Waals surface area contributed by atoms with Crippen LogP contribution in [-0.4, -0.2) is 47.1 Å². The summed E-state index contributed by atoms with van der Waals surface area (Å²) in [7, 11) is 0. The number of anilines is 1. The van der Waals surface area contributed by atoms with E-state index in [0.29, 0.717) is 17.4 Å². The van der Waals surface area contributed by atoms with E-state index >= 15 is 0 Å². The minimum Gasteiger partial charge on any atom is -0.396 e. The average molecular weight is 284 g/mol. The summed E-state index contributed by atoms with van der Waals surface area (Å²) in [6.45, 7) is 2.17. The fraction of sp³-hybridized carbons (Fsp3) is 0.538. The van der Waals surface area contributed by atoms with Crippen LogP contribution in [0.15, 0.2) is 18.3 Å². The SMILES string of the molecule is O=C(CN1CCCC(CO)C1)Nc1cccnc1Cl. The molecule has 0 aromatic carbocycles. The molecule has 1 aromatic heterocycles. The molecule has 1 aromatic rings. The highest BCUT2D eigenvalue weighted by Crippen LogP contribution is 2.18. The van der Waals surface area contributed by atoms with Gasteiger partial charge in [-0.3, -0.25) is 9.69 Å². The number of aromatic nitrogens is 1. The fourth-order valence-electron chi connectivity index (χ4n) is 2.32. The highest BCUT2D eigenvalue weighted by Gasteiger charge is 2.21. The zero-order valence-corrected chi connectivity index (χ0v) is 11.4. The third-order valence-electron chi connectivity index (χ3n) is 3.26. The summed E-state index contributed by atoms with van der Waals surface area (Å²) >= 11 is 5.88. The summed E-state index contributed by atoms with van der Waals surface area (Å²) in [6, 6.07) is 3.45. The van der Waals surface area contributed by atoms with E-state index in [0.717, 1.165) is 25.9 Å². The van der Waals surface area contributed by atoms with Crippen LogP contribution in [0.2, 0.25) is 5.15 Å². The van der Waals surface area contributed by atoms with Gasteiger partial charge in [-0.25, -0.2) is 4.98 Å². The first-order chi connectivity index (χ1) is 9.19. The van der Waals surface area contributed by atoms with E-state index in [1.807, 2.05) is 0 Å². The third-order valence-corrected chi connectivity index (χ3v) is 3.56. The first-order valence-corrected chi connectivity index (χ1v) is 6.80. The van der Waals surface area contributed by atoms with Gasteiger partial charge < -0.3 is 10.4 Å². The molecule has 2 heterocycles. The summed E-state index contributed by atoms with van der Waals surface area (Å²) in [4.78, 5) is 17.9. The number of pyridine rings is 1. The lowest BCUT2D eigenvalue weighted by molar-refractivity contribution is -0.117. The van der Waals surface area contributed by atoms with Crippen LogP contribution < -0.4 is 5.32 Å². The van der Waals surface area contributed by atoms with Crippen LogP contribution in [0.3, 0.4) is 0 Å². The molecular formula is C13H18ClN3O2. The van der Waals surface area contributed by atoms with Crippen molar-refractivity contribution in [1.29, 1.82) is 0 Å². The summed E-state index contributed by atoms with van der Waals surface area (Å²) in [5.41, 5.74) is 0.532. The van der Waals surface area contributed by atoms with E-state index in [2.05, 4.69) is 15.2 Å². The topological polar surface area (TPSA) is 65.5 Å². The summed E-state index contributed by atoms with van der Waals surface area (Å²) in [5, 5.41) is 12.2. The lowest BCUT2D eigenvalue weighted by atomic mass is 9.99. The zero-order chi connectivity index (χ0) is 13.7. The molecule has 1 fully saturated rings. The normalized spacial score (nSPS) is 20.2. The molecule has 104 valence electrons. The monoisotopic (exact) mass is 283 g/mol. The van der Waals surface area contributed by atoms with Gasteiger partial charge >= 0.3 is 0 Å². The second-order valence-electron chi connectivity index (χ2n) is 4.82. The molecule has 0 radical (unpaired) electrons. The van der Waals surface area contributed by atoms with Crippen molar-refractivity contribution in [3.63, 3.8) is 0 Å². The average Bonchev–Trinajstić information content (AvgIpc) is 2.41. The number of piperidine rings is 1. The number of rotatable bonds is 4. The lowest BCUT2D eigenvalue weighted by Crippen LogP contribution is -2.41. The number of amides is 1. The maximum absolute atomic E-state index is 11.9. The van der Waals surface area contributed by atoms with Crippen molar-refractivity contribution in [2.75, 3.05) is 31.6 Å². The minimum absolute atomic E-state index is 0.103. The maximum Gasteiger partial charge on any atom is 0.238 e. The van der Waals surface area contributed by atoms with Crippen LogP contribution in [0.4, 0.5) is 5.69 Å². The van der Waals surface area contributed by atoms with Crippen molar-refractivity contribution in [3.8, 4) is 0 Å². The Balaban J connectivity index is 1.86. The number of likely N-dealkylation sites (tertiary alicyclic amines) is 1. The summed E-state index contributed by atoms with van der Waals surface area (Å²) < 4.78 is 0. The number of nitrogens with zero attached hydrogens (tertiary/aromatic N) is 2. The quantitative estimate of drug-likeness (QED) is 0.820. The van der Waals surface area contributed by atoms with Gasteiger partial charge in [0, 0.05) is 19.3 Å². The fourth-order valence-corrected chi connectivity index (χ4v) is 2.48. The highest BCUT2D eigenvalue weighted by molar-refractivity contribution is 6.32. The Morgan fingerprint density at radius 1 is 1.63 bits per heavy atom. The van der Waals surface area contributed by atoms with E-state index in [1.165, 1.54) is 0 Å². The van der Waals surface area contributed by atoms with E-state index in [4.69, 9.17) is 16.7 Å². The van der Waals surface area contributed by atoms with Crippen molar-refractivity contribution in [2.24, 2.45) is 5.92 Å². The van der Waals surface area contributed by atoms with Gasteiger partial charge in [0.25, 0.3) is 0 Å². The van der Waals surface area contributed by atoms with Gasteiger partial charge in [0.15, 0.2) is 5.15 Å². The van der Waals surface area contributed by atoms with Gasteiger partial charge in [0.2, 0.25) is 5.91 Å². The van der Waals surface area contributed by atoms with Crippen LogP contribution in [0.5, 0.6) is 0 Å². The van der Waals surface area contributed by atoms with E-state index in [-0.39, 0.29) is 18.4 Å². The predicted octanol–water partition coefficient (Wildman–Crippen LogP) is 1.38. The molecule has 1 atom stereocenters. The van der Waals surface area contributed by atoms with Crippen molar-refractivity contribution in [2.45, 2.75) is 12.8 Å². The molecule has 2 rings (SSSR count). The minimum atomic E-state index is -0.103. The molecule has 0 aliphatic carbocycles. The molecule has 19 heavy (non-hydrogen) atoms. The molecule has 0 spiro atoms. The number of aliphatic hydroxyl groups excluding tert-OH is 1. The van der Waals surface area contributed by atoms with Gasteiger partial charge in [-0.2, -0.15) is 0 Å². The van der Waals surface area contributed by atoms with Gasteiger partial charge in [-0.1, -0.05) is 11.6 Å². The largest absolute Gasteiger partial charge is 0.396 e. The first kappa shape index (κ1) is 14.2. The summed E-state index contributed by atoms with van der Waals surface area (Å²) in [5.74, 6) is 0.178. The molecule has 6 heteroatoms. The Morgan fingerprint density at radius 3 is 3.21 bits per heavy atom. The van der Waals surface area contributed by atoms with E-state index in [9.17, 15) is 4.79 Å². The lowest BCUT2D eigenvalue weighted by Gasteiger charge is -2.31. The Bertz CT molecular complexity index is 442. The van der Waals surface area contributed by atoms with Gasteiger partial charge in [-0.05, 0) is 37.4 Å². The predicted molar refractivity (Wildman–Crippen MR) is 74.1 cm³/mol. The van der Waals surface area contributed by atoms with Gasteiger partial charge in [0.1, 0.15) is 0 Å². The van der Waals surface area contributed by atoms with Crippen molar-refractivity contribution >= 4 is 23.2 Å². The molecule has 5 nitrogen and oxygen atoms in total. The molecule has 1 aliphatic rings. The first-order valence-electron chi connectivity index (χ1n) is 6.42. The molecule has 1 amide bonds. The smallest absolute Gasteiger partial charge is 0.238 e. The highest BCUT2D eigenvalue weighted by atomic mass is 35.5. The number of carbonyl (C=O) groups excluding carboxylic acids is 1. The Kier molecular flexibility index (Phi) is 5.13. The standard InChI is InChI=1S/C13H18ClN3O2/c14-13-11(4-1-5-15-13)16-12(19)8-17-6-2-3-10(7-17)9-18/h1,4-5,10,18H,2-3,6-9H2,(H,16,19). The molecule has 1 aliphatic heterocycles. The van der Waals surface area contributed by atoms with Crippen LogP contribution in [0.1, 0.15) is 12.8 Å². The van der Waals surface area contributed by atoms with Crippen LogP contribution in [-0.2, 0) is 4.79 Å². The van der Waals surface area contributed by atoms with E-state index in [1.54, 1.807) is 18.3 Å². The number of halogens is 1. The van der Waals surface area contributed by atoms with Crippen molar-refractivity contribution in [1.82, 2.24) is 9.88 Å². The van der Waals surface area contributed by atoms with Crippen LogP contribution >= 0.6 is 11.6 Å². The maximum atomic E-state index is 11.9. The molecule has 0 saturated carbocycles. The Morgan fingerprint density at radius 2 is 2.47 bits per heavy atom. The second kappa shape index (κ2) is 6.84. The number of nitrogens with one attached hydrogen (secondary N) is 1.